The molecule has 0 saturated carbocycles. The quantitative estimate of drug-likeness (QED) is 0.688. The Morgan fingerprint density at radius 2 is 1.80 bits per heavy atom. The first-order valence-electron chi connectivity index (χ1n) is 7.98. The summed E-state index contributed by atoms with van der Waals surface area (Å²) in [5.41, 5.74) is 1.94. The van der Waals surface area contributed by atoms with Crippen LogP contribution >= 0.6 is 0 Å². The highest BCUT2D eigenvalue weighted by Gasteiger charge is 2.27. The average molecular weight is 335 g/mol. The van der Waals surface area contributed by atoms with Gasteiger partial charge in [0.15, 0.2) is 0 Å². The summed E-state index contributed by atoms with van der Waals surface area (Å²) in [6, 6.07) is 10.3. The lowest BCUT2D eigenvalue weighted by atomic mass is 10.1. The van der Waals surface area contributed by atoms with Gasteiger partial charge >= 0.3 is 0 Å². The van der Waals surface area contributed by atoms with Crippen molar-refractivity contribution < 1.29 is 14.4 Å². The van der Waals surface area contributed by atoms with E-state index >= 15 is 0 Å². The van der Waals surface area contributed by atoms with Crippen molar-refractivity contribution in [2.45, 2.75) is 19.3 Å². The van der Waals surface area contributed by atoms with Crippen LogP contribution in [0.5, 0.6) is 0 Å². The number of carbonyl (C=O) groups excluding carboxylic acids is 3. The van der Waals surface area contributed by atoms with Crippen LogP contribution in [-0.2, 0) is 14.4 Å². The van der Waals surface area contributed by atoms with E-state index in [0.29, 0.717) is 30.6 Å². The van der Waals surface area contributed by atoms with Gasteiger partial charge in [0.25, 0.3) is 0 Å². The third-order valence-electron chi connectivity index (χ3n) is 3.78. The van der Waals surface area contributed by atoms with Crippen LogP contribution in [0, 0.1) is 0 Å². The van der Waals surface area contributed by atoms with Crippen molar-refractivity contribution in [3.63, 3.8) is 0 Å². The van der Waals surface area contributed by atoms with Crippen LogP contribution in [0.15, 0.2) is 54.9 Å². The molecule has 126 valence electrons. The third-order valence-corrected chi connectivity index (χ3v) is 3.78. The van der Waals surface area contributed by atoms with E-state index in [9.17, 15) is 14.4 Å². The van der Waals surface area contributed by atoms with E-state index in [1.165, 1.54) is 11.0 Å². The average Bonchev–Trinajstić information content (AvgIpc) is 2.62. The van der Waals surface area contributed by atoms with Crippen molar-refractivity contribution in [2.24, 2.45) is 0 Å². The Labute approximate surface area is 145 Å². The van der Waals surface area contributed by atoms with E-state index < -0.39 is 0 Å². The lowest BCUT2D eigenvalue weighted by Gasteiger charge is -2.24. The number of carbonyl (C=O) groups is 3. The summed E-state index contributed by atoms with van der Waals surface area (Å²) in [5.74, 6) is -0.651. The summed E-state index contributed by atoms with van der Waals surface area (Å²) in [6.45, 7) is 0. The van der Waals surface area contributed by atoms with Gasteiger partial charge in [-0.15, -0.1) is 0 Å². The van der Waals surface area contributed by atoms with Gasteiger partial charge in [0.2, 0.25) is 17.7 Å². The lowest BCUT2D eigenvalue weighted by molar-refractivity contribution is -0.129. The maximum atomic E-state index is 11.9. The molecular formula is C19H17N3O3. The molecule has 25 heavy (non-hydrogen) atoms. The first-order valence-corrected chi connectivity index (χ1v) is 7.98. The molecule has 0 unspecified atom stereocenters. The van der Waals surface area contributed by atoms with Crippen LogP contribution in [0.3, 0.4) is 0 Å². The second-order valence-corrected chi connectivity index (χ2v) is 5.63. The van der Waals surface area contributed by atoms with Crippen LogP contribution in [0.1, 0.15) is 24.8 Å². The van der Waals surface area contributed by atoms with Crippen molar-refractivity contribution in [1.82, 2.24) is 4.98 Å². The van der Waals surface area contributed by atoms with Gasteiger partial charge in [-0.2, -0.15) is 0 Å². The van der Waals surface area contributed by atoms with Crippen LogP contribution in [-0.4, -0.2) is 22.7 Å². The number of piperidine rings is 1. The van der Waals surface area contributed by atoms with Crippen molar-refractivity contribution >= 4 is 35.2 Å². The van der Waals surface area contributed by atoms with Gasteiger partial charge in [-0.1, -0.05) is 6.07 Å². The van der Waals surface area contributed by atoms with Crippen molar-refractivity contribution in [3.05, 3.63) is 60.4 Å². The molecule has 2 aromatic rings. The Morgan fingerprint density at radius 1 is 1.08 bits per heavy atom. The second kappa shape index (κ2) is 7.53. The van der Waals surface area contributed by atoms with Gasteiger partial charge in [-0.05, 0) is 48.4 Å². The molecule has 1 aromatic carbocycles. The zero-order chi connectivity index (χ0) is 17.6. The smallest absolute Gasteiger partial charge is 0.248 e. The number of pyridine rings is 1. The fourth-order valence-electron chi connectivity index (χ4n) is 2.57. The number of hydrogen-bond donors (Lipinski definition) is 1. The van der Waals surface area contributed by atoms with Crippen LogP contribution in [0.4, 0.5) is 11.4 Å². The summed E-state index contributed by atoms with van der Waals surface area (Å²) in [6.07, 6.45) is 7.77. The molecule has 1 aromatic heterocycles. The molecule has 0 atom stereocenters. The fraction of sp³-hybridized carbons (Fsp3) is 0.158. The predicted molar refractivity (Wildman–Crippen MR) is 94.7 cm³/mol. The zero-order valence-corrected chi connectivity index (χ0v) is 13.5. The molecule has 3 rings (SSSR count). The molecule has 0 spiro atoms. The molecule has 1 aliphatic rings. The number of nitrogens with one attached hydrogen (secondary N) is 1. The molecule has 1 N–H and O–H groups in total. The first kappa shape index (κ1) is 16.6. The summed E-state index contributed by atoms with van der Waals surface area (Å²) >= 11 is 0. The molecule has 0 bridgehead atoms. The maximum Gasteiger partial charge on any atom is 0.248 e. The zero-order valence-electron chi connectivity index (χ0n) is 13.5. The fourth-order valence-corrected chi connectivity index (χ4v) is 2.57. The Morgan fingerprint density at radius 3 is 2.44 bits per heavy atom. The SMILES string of the molecule is O=C(/C=C/c1cccnc1)Nc1ccc(N2C(=O)CCCC2=O)cc1. The summed E-state index contributed by atoms with van der Waals surface area (Å²) in [4.78, 5) is 40.9. The van der Waals surface area contributed by atoms with Crippen LogP contribution in [0.2, 0.25) is 0 Å². The van der Waals surface area contributed by atoms with E-state index in [-0.39, 0.29) is 17.7 Å². The molecular weight excluding hydrogens is 318 g/mol. The number of hydrogen-bond acceptors (Lipinski definition) is 4. The number of aromatic nitrogens is 1. The highest BCUT2D eigenvalue weighted by molar-refractivity contribution is 6.16. The van der Waals surface area contributed by atoms with E-state index in [1.807, 2.05) is 6.07 Å². The number of nitrogens with zero attached hydrogens (tertiary/aromatic N) is 2. The van der Waals surface area contributed by atoms with Gasteiger partial charge in [0, 0.05) is 37.0 Å². The van der Waals surface area contributed by atoms with Crippen molar-refractivity contribution in [3.8, 4) is 0 Å². The Balaban J connectivity index is 1.64. The minimum absolute atomic E-state index is 0.188. The topological polar surface area (TPSA) is 79.4 Å². The minimum Gasteiger partial charge on any atom is -0.323 e. The maximum absolute atomic E-state index is 11.9. The molecule has 2 heterocycles. The lowest BCUT2D eigenvalue weighted by Crippen LogP contribution is -2.40. The Bertz CT molecular complexity index is 798. The predicted octanol–water partition coefficient (Wildman–Crippen LogP) is 2.78. The summed E-state index contributed by atoms with van der Waals surface area (Å²) in [7, 11) is 0. The van der Waals surface area contributed by atoms with Gasteiger partial charge in [-0.25, -0.2) is 0 Å². The molecule has 1 aliphatic heterocycles. The highest BCUT2D eigenvalue weighted by atomic mass is 16.2. The van der Waals surface area contributed by atoms with E-state index in [0.717, 1.165) is 5.56 Å². The number of rotatable bonds is 4. The van der Waals surface area contributed by atoms with E-state index in [4.69, 9.17) is 0 Å². The monoisotopic (exact) mass is 335 g/mol. The molecule has 6 heteroatoms. The normalized spacial score (nSPS) is 14.8. The van der Waals surface area contributed by atoms with Gasteiger partial charge < -0.3 is 5.32 Å². The third kappa shape index (κ3) is 4.17. The molecule has 0 aliphatic carbocycles. The molecule has 1 fully saturated rings. The highest BCUT2D eigenvalue weighted by Crippen LogP contribution is 2.23. The second-order valence-electron chi connectivity index (χ2n) is 5.63. The van der Waals surface area contributed by atoms with Gasteiger partial charge in [0.1, 0.15) is 0 Å². The minimum atomic E-state index is -0.276. The van der Waals surface area contributed by atoms with Crippen LogP contribution in [0.25, 0.3) is 6.08 Å². The molecule has 1 saturated heterocycles. The van der Waals surface area contributed by atoms with E-state index in [2.05, 4.69) is 10.3 Å². The Hall–Kier alpha value is -3.28. The number of imide groups is 1. The van der Waals surface area contributed by atoms with Crippen molar-refractivity contribution in [1.29, 1.82) is 0 Å². The molecule has 3 amide bonds. The number of amides is 3. The first-order chi connectivity index (χ1) is 12.1. The standard InChI is InChI=1S/C19H17N3O3/c23-17(11-6-14-3-2-12-20-13-14)21-15-7-9-16(10-8-15)22-18(24)4-1-5-19(22)25/h2-3,6-13H,1,4-5H2,(H,21,23)/b11-6+. The largest absolute Gasteiger partial charge is 0.323 e. The van der Waals surface area contributed by atoms with Gasteiger partial charge in [0.05, 0.1) is 5.69 Å². The van der Waals surface area contributed by atoms with Gasteiger partial charge in [-0.3, -0.25) is 24.3 Å². The number of benzene rings is 1. The van der Waals surface area contributed by atoms with Crippen molar-refractivity contribution in [2.75, 3.05) is 10.2 Å². The van der Waals surface area contributed by atoms with Crippen LogP contribution < -0.4 is 10.2 Å². The summed E-state index contributed by atoms with van der Waals surface area (Å²) in [5, 5.41) is 2.73. The summed E-state index contributed by atoms with van der Waals surface area (Å²) < 4.78 is 0. The molecule has 6 nitrogen and oxygen atoms in total. The number of anilines is 2. The van der Waals surface area contributed by atoms with E-state index in [1.54, 1.807) is 48.8 Å². The Kier molecular flexibility index (Phi) is 4.99. The molecule has 0 radical (unpaired) electrons.